The van der Waals surface area contributed by atoms with Crippen molar-refractivity contribution in [2.75, 3.05) is 24.7 Å². The zero-order valence-electron chi connectivity index (χ0n) is 18.2. The molecule has 33 heavy (non-hydrogen) atoms. The van der Waals surface area contributed by atoms with Gasteiger partial charge in [0.25, 0.3) is 0 Å². The van der Waals surface area contributed by atoms with Crippen LogP contribution >= 0.6 is 19.6 Å². The van der Waals surface area contributed by atoms with E-state index >= 15 is 0 Å². The van der Waals surface area contributed by atoms with Gasteiger partial charge in [0.1, 0.15) is 36.2 Å². The first kappa shape index (κ1) is 24.1. The van der Waals surface area contributed by atoms with Gasteiger partial charge in [0.2, 0.25) is 5.60 Å². The van der Waals surface area contributed by atoms with Crippen LogP contribution in [-0.2, 0) is 33.3 Å². The van der Waals surface area contributed by atoms with Crippen LogP contribution in [0.3, 0.4) is 0 Å². The molecule has 2 fully saturated rings. The van der Waals surface area contributed by atoms with Gasteiger partial charge in [-0.3, -0.25) is 18.4 Å². The molecule has 2 aliphatic heterocycles. The second kappa shape index (κ2) is 8.63. The van der Waals surface area contributed by atoms with E-state index in [9.17, 15) is 19.7 Å². The number of aromatic nitrogens is 3. The lowest BCUT2D eigenvalue weighted by Crippen LogP contribution is -2.43. The lowest BCUT2D eigenvalue weighted by molar-refractivity contribution is -0.117. The summed E-state index contributed by atoms with van der Waals surface area (Å²) in [6.45, 7) is 5.11. The van der Waals surface area contributed by atoms with Crippen molar-refractivity contribution in [3.05, 3.63) is 24.2 Å². The van der Waals surface area contributed by atoms with Gasteiger partial charge in [-0.15, -0.1) is 0 Å². The molecule has 14 heteroatoms. The second-order valence-electron chi connectivity index (χ2n) is 8.64. The predicted octanol–water partition coefficient (Wildman–Crippen LogP) is 1.64. The molecular weight excluding hydrogens is 473 g/mol. The van der Waals surface area contributed by atoms with Gasteiger partial charge >= 0.3 is 7.82 Å². The van der Waals surface area contributed by atoms with Crippen molar-refractivity contribution in [1.82, 2.24) is 14.6 Å². The van der Waals surface area contributed by atoms with E-state index in [0.29, 0.717) is 5.52 Å². The Bertz CT molecular complexity index is 1160. The molecule has 0 aromatic carbocycles. The summed E-state index contributed by atoms with van der Waals surface area (Å²) in [4.78, 5) is 15.9. The highest BCUT2D eigenvalue weighted by Gasteiger charge is 2.62. The van der Waals surface area contributed by atoms with Crippen molar-refractivity contribution in [3.63, 3.8) is 0 Å². The van der Waals surface area contributed by atoms with Crippen LogP contribution in [0.5, 0.6) is 0 Å². The summed E-state index contributed by atoms with van der Waals surface area (Å²) in [5, 5.41) is 25.1. The number of anilines is 1. The van der Waals surface area contributed by atoms with Gasteiger partial charge < -0.3 is 15.6 Å². The molecule has 2 aliphatic rings. The summed E-state index contributed by atoms with van der Waals surface area (Å²) in [5.41, 5.74) is 4.12. The maximum Gasteiger partial charge on any atom is 0.475 e. The number of phosphoric ester groups is 1. The Hall–Kier alpha value is -2.04. The van der Waals surface area contributed by atoms with Crippen LogP contribution < -0.4 is 5.73 Å². The number of phosphoric acid groups is 1. The maximum atomic E-state index is 13.0. The van der Waals surface area contributed by atoms with E-state index in [-0.39, 0.29) is 35.6 Å². The summed E-state index contributed by atoms with van der Waals surface area (Å²) < 4.78 is 36.3. The van der Waals surface area contributed by atoms with Crippen molar-refractivity contribution >= 4 is 36.0 Å². The summed E-state index contributed by atoms with van der Waals surface area (Å²) >= 11 is 1.06. The van der Waals surface area contributed by atoms with E-state index in [4.69, 9.17) is 24.0 Å². The average molecular weight is 497 g/mol. The summed E-state index contributed by atoms with van der Waals surface area (Å²) in [5.74, 6) is 0.439. The van der Waals surface area contributed by atoms with Crippen LogP contribution in [0.25, 0.3) is 5.52 Å². The molecule has 2 saturated heterocycles. The lowest BCUT2D eigenvalue weighted by Gasteiger charge is -2.30. The van der Waals surface area contributed by atoms with Crippen LogP contribution in [-0.4, -0.2) is 62.1 Å². The van der Waals surface area contributed by atoms with Crippen LogP contribution in [0.2, 0.25) is 0 Å². The molecule has 0 spiro atoms. The van der Waals surface area contributed by atoms with Crippen molar-refractivity contribution in [1.29, 1.82) is 5.26 Å². The first-order valence-corrected chi connectivity index (χ1v) is 12.6. The minimum Gasteiger partial charge on any atom is -0.386 e. The fraction of sp³-hybridized carbons (Fsp3) is 0.579. The summed E-state index contributed by atoms with van der Waals surface area (Å²) in [6, 6.07) is 5.15. The highest BCUT2D eigenvalue weighted by atomic mass is 32.2. The van der Waals surface area contributed by atoms with Gasteiger partial charge in [0.05, 0.1) is 18.9 Å². The number of nitrogen functional groups attached to an aromatic ring is 1. The number of fused-ring (bicyclic) bond motifs is 2. The number of hydrogen-bond donors (Lipinski definition) is 2. The first-order chi connectivity index (χ1) is 15.5. The zero-order valence-corrected chi connectivity index (χ0v) is 19.9. The van der Waals surface area contributed by atoms with E-state index < -0.39 is 37.2 Å². The van der Waals surface area contributed by atoms with E-state index in [0.717, 1.165) is 11.8 Å². The lowest BCUT2D eigenvalue weighted by atomic mass is 9.92. The molecule has 12 nitrogen and oxygen atoms in total. The van der Waals surface area contributed by atoms with E-state index in [1.54, 1.807) is 32.9 Å². The zero-order chi connectivity index (χ0) is 24.0. The van der Waals surface area contributed by atoms with Crippen LogP contribution in [0, 0.1) is 16.7 Å². The molecule has 178 valence electrons. The summed E-state index contributed by atoms with van der Waals surface area (Å²) in [6.07, 6.45) is -2.35. The van der Waals surface area contributed by atoms with Gasteiger partial charge in [-0.1, -0.05) is 32.5 Å². The molecule has 0 amide bonds. The Kier molecular flexibility index (Phi) is 6.30. The van der Waals surface area contributed by atoms with Crippen molar-refractivity contribution in [2.24, 2.45) is 5.41 Å². The molecule has 3 N–H and O–H groups in total. The van der Waals surface area contributed by atoms with Crippen molar-refractivity contribution in [2.45, 2.75) is 44.7 Å². The summed E-state index contributed by atoms with van der Waals surface area (Å²) in [7, 11) is -4.05. The van der Waals surface area contributed by atoms with Gasteiger partial charge in [-0.2, -0.15) is 10.4 Å². The van der Waals surface area contributed by atoms with Crippen LogP contribution in [0.1, 0.15) is 26.5 Å². The molecule has 0 saturated carbocycles. The third-order valence-electron chi connectivity index (χ3n) is 5.29. The molecule has 4 heterocycles. The number of nitrogens with zero attached hydrogens (tertiary/aromatic N) is 4. The predicted molar refractivity (Wildman–Crippen MR) is 117 cm³/mol. The molecule has 2 aromatic rings. The number of hydrogen-bond acceptors (Lipinski definition) is 12. The number of aliphatic hydroxyl groups excluding tert-OH is 1. The Morgan fingerprint density at radius 2 is 2.27 bits per heavy atom. The molecule has 1 unspecified atom stereocenters. The Morgan fingerprint density at radius 3 is 2.97 bits per heavy atom. The highest BCUT2D eigenvalue weighted by Crippen LogP contribution is 2.58. The van der Waals surface area contributed by atoms with Crippen molar-refractivity contribution < 1.29 is 32.8 Å². The molecule has 0 aliphatic carbocycles. The number of ether oxygens (including phenoxy) is 1. The minimum atomic E-state index is -4.05. The maximum absolute atomic E-state index is 13.0. The quantitative estimate of drug-likeness (QED) is 0.452. The molecular formula is C19H24N5O7PS. The average Bonchev–Trinajstić information content (AvgIpc) is 3.31. The first-order valence-electron chi connectivity index (χ1n) is 10.1. The van der Waals surface area contributed by atoms with Gasteiger partial charge in [0, 0.05) is 11.2 Å². The molecule has 4 rings (SSSR count). The number of nitriles is 1. The Morgan fingerprint density at radius 1 is 1.52 bits per heavy atom. The van der Waals surface area contributed by atoms with E-state index in [1.165, 1.54) is 10.8 Å². The Balaban J connectivity index is 1.49. The molecule has 0 bridgehead atoms. The van der Waals surface area contributed by atoms with Gasteiger partial charge in [-0.25, -0.2) is 14.1 Å². The standard InChI is InChI=1S/C19H24N5O7PS/c1-18(2,3)17(26)33-7-6-28-32(27)29-8-12-14(31-32)15(25)19(9-20,30-12)13-5-4-11-16(21)22-10-23-24(11)13/h4-5,10,12,14-15,25H,6-8H2,1-3H3,(H2,21,22,23)/t12-,14-,15-,19+,32?/m1/s1. The molecule has 2 aromatic heterocycles. The normalized spacial score (nSPS) is 31.9. The fourth-order valence-electron chi connectivity index (χ4n) is 3.57. The van der Waals surface area contributed by atoms with Crippen LogP contribution in [0.4, 0.5) is 5.82 Å². The second-order valence-corrected chi connectivity index (χ2v) is 11.3. The molecule has 0 radical (unpaired) electrons. The largest absolute Gasteiger partial charge is 0.475 e. The fourth-order valence-corrected chi connectivity index (χ4v) is 5.87. The Labute approximate surface area is 194 Å². The highest BCUT2D eigenvalue weighted by molar-refractivity contribution is 8.13. The number of carbonyl (C=O) groups is 1. The monoisotopic (exact) mass is 497 g/mol. The van der Waals surface area contributed by atoms with E-state index in [1.807, 2.05) is 6.07 Å². The van der Waals surface area contributed by atoms with Crippen molar-refractivity contribution in [3.8, 4) is 6.07 Å². The topological polar surface area (TPSA) is 171 Å². The van der Waals surface area contributed by atoms with E-state index in [2.05, 4.69) is 10.1 Å². The van der Waals surface area contributed by atoms with Gasteiger partial charge in [0.15, 0.2) is 10.9 Å². The number of rotatable bonds is 5. The SMILES string of the molecule is CC(C)(C)C(=O)SCCOP1(=O)OC[C@H]2O[C@@](C#N)(c3ccc4c(N)ncnn34)[C@H](O)[C@@H]2O1. The minimum absolute atomic E-state index is 0.0304. The van der Waals surface area contributed by atoms with Gasteiger partial charge in [-0.05, 0) is 12.1 Å². The smallest absolute Gasteiger partial charge is 0.386 e. The third-order valence-corrected chi connectivity index (χ3v) is 8.00. The third kappa shape index (κ3) is 4.28. The number of aliphatic hydroxyl groups is 1. The molecule has 5 atom stereocenters. The number of thioether (sulfide) groups is 1. The van der Waals surface area contributed by atoms with Crippen LogP contribution in [0.15, 0.2) is 18.5 Å². The number of nitrogens with two attached hydrogens (primary N) is 1. The number of carbonyl (C=O) groups excluding carboxylic acids is 1.